The van der Waals surface area contributed by atoms with Crippen LogP contribution in [0.1, 0.15) is 10.4 Å². The number of carboxylic acids is 1. The van der Waals surface area contributed by atoms with Gasteiger partial charge in [-0.25, -0.2) is 9.18 Å². The number of benzene rings is 2. The molecule has 5 nitrogen and oxygen atoms in total. The maximum absolute atomic E-state index is 12.8. The molecule has 2 rings (SSSR count). The minimum absolute atomic E-state index is 0.0417. The monoisotopic (exact) mass is 292 g/mol. The molecule has 110 valence electrons. The first-order chi connectivity index (χ1) is 9.95. The number of ether oxygens (including phenoxy) is 1. The fourth-order valence-electron chi connectivity index (χ4n) is 1.42. The van der Waals surface area contributed by atoms with Crippen LogP contribution in [0.25, 0.3) is 0 Å². The molecule has 0 amide bonds. The summed E-state index contributed by atoms with van der Waals surface area (Å²) in [6, 6.07) is 12.1. The molecule has 2 aromatic carbocycles. The van der Waals surface area contributed by atoms with Crippen LogP contribution in [0.5, 0.6) is 5.75 Å². The second-order valence-corrected chi connectivity index (χ2v) is 3.94. The first-order valence-corrected chi connectivity index (χ1v) is 5.93. The summed E-state index contributed by atoms with van der Waals surface area (Å²) in [7, 11) is -0.0232. The highest BCUT2D eigenvalue weighted by Crippen LogP contribution is 2.17. The Labute approximate surface area is 121 Å². The predicted octanol–water partition coefficient (Wildman–Crippen LogP) is 0.899. The summed E-state index contributed by atoms with van der Waals surface area (Å²) in [6.45, 7) is 0. The Morgan fingerprint density at radius 3 is 2.14 bits per heavy atom. The maximum atomic E-state index is 12.8. The molecule has 0 heterocycles. The Hall–Kier alpha value is -2.38. The Bertz CT molecular complexity index is 589. The van der Waals surface area contributed by atoms with Crippen molar-refractivity contribution in [3.05, 3.63) is 59.9 Å². The molecule has 3 N–H and O–H groups in total. The van der Waals surface area contributed by atoms with Gasteiger partial charge in [-0.2, -0.15) is 0 Å². The highest BCUT2D eigenvalue weighted by atomic mass is 19.1. The van der Waals surface area contributed by atoms with Gasteiger partial charge < -0.3 is 19.9 Å². The topological polar surface area (TPSA) is 87.0 Å². The summed E-state index contributed by atoms with van der Waals surface area (Å²) in [6.07, 6.45) is 0. The highest BCUT2D eigenvalue weighted by Gasteiger charge is 2.08. The van der Waals surface area contributed by atoms with Crippen molar-refractivity contribution in [2.24, 2.45) is 0 Å². The molecule has 0 spiro atoms. The zero-order valence-electron chi connectivity index (χ0n) is 11.2. The van der Waals surface area contributed by atoms with Gasteiger partial charge in [-0.1, -0.05) is 30.3 Å². The molecule has 0 aliphatic heterocycles. The number of carboxylic acid groups (broad SMARTS) is 1. The van der Waals surface area contributed by atoms with Gasteiger partial charge in [0.05, 0.1) is 12.7 Å². The van der Waals surface area contributed by atoms with Crippen molar-refractivity contribution < 1.29 is 29.1 Å². The number of methoxy groups -OCH3 is 1. The molecule has 0 aliphatic rings. The van der Waals surface area contributed by atoms with Crippen LogP contribution < -0.4 is 10.2 Å². The lowest BCUT2D eigenvalue weighted by Crippen LogP contribution is -2.29. The van der Waals surface area contributed by atoms with Crippen LogP contribution in [0.15, 0.2) is 48.5 Å². The van der Waals surface area contributed by atoms with E-state index < -0.39 is 18.9 Å². The third-order valence-corrected chi connectivity index (χ3v) is 2.50. The van der Waals surface area contributed by atoms with E-state index in [9.17, 15) is 9.18 Å². The Morgan fingerprint density at radius 2 is 1.76 bits per heavy atom. The quantitative estimate of drug-likeness (QED) is 0.732. The highest BCUT2D eigenvalue weighted by molar-refractivity contribution is 6.58. The fourth-order valence-corrected chi connectivity index (χ4v) is 1.42. The van der Waals surface area contributed by atoms with Crippen LogP contribution in [0.2, 0.25) is 0 Å². The molecule has 0 unspecified atom stereocenters. The molecule has 0 aliphatic carbocycles. The smallest absolute Gasteiger partial charge is 0.488 e. The van der Waals surface area contributed by atoms with Crippen molar-refractivity contribution in [1.29, 1.82) is 0 Å². The van der Waals surface area contributed by atoms with Gasteiger partial charge in [-0.05, 0) is 23.7 Å². The van der Waals surface area contributed by atoms with Crippen LogP contribution in [0.3, 0.4) is 0 Å². The van der Waals surface area contributed by atoms with E-state index in [-0.39, 0.29) is 11.3 Å². The molecule has 0 saturated heterocycles. The number of aromatic carboxylic acids is 1. The van der Waals surface area contributed by atoms with Gasteiger partial charge in [0.1, 0.15) is 0 Å². The summed E-state index contributed by atoms with van der Waals surface area (Å²) in [5, 5.41) is 25.6. The molecular weight excluding hydrogens is 278 g/mol. The van der Waals surface area contributed by atoms with Gasteiger partial charge in [-0.15, -0.1) is 0 Å². The largest absolute Gasteiger partial charge is 0.494 e. The number of hydrogen-bond donors (Lipinski definition) is 3. The van der Waals surface area contributed by atoms with Crippen LogP contribution in [-0.2, 0) is 0 Å². The first-order valence-electron chi connectivity index (χ1n) is 5.93. The average Bonchev–Trinajstić information content (AvgIpc) is 2.48. The minimum atomic E-state index is -1.34. The van der Waals surface area contributed by atoms with Crippen molar-refractivity contribution >= 4 is 18.6 Å². The Kier molecular flexibility index (Phi) is 6.38. The fraction of sp³-hybridized carbons (Fsp3) is 0.0714. The van der Waals surface area contributed by atoms with Crippen molar-refractivity contribution in [1.82, 2.24) is 0 Å². The summed E-state index contributed by atoms with van der Waals surface area (Å²) in [5.41, 5.74) is 0.436. The Balaban J connectivity index is 0.000000219. The minimum Gasteiger partial charge on any atom is -0.494 e. The normalized spacial score (nSPS) is 9.33. The third-order valence-electron chi connectivity index (χ3n) is 2.50. The molecule has 0 fully saturated rings. The predicted molar refractivity (Wildman–Crippen MR) is 76.2 cm³/mol. The van der Waals surface area contributed by atoms with Gasteiger partial charge in [0.25, 0.3) is 0 Å². The van der Waals surface area contributed by atoms with Crippen LogP contribution in [-0.4, -0.2) is 35.4 Å². The van der Waals surface area contributed by atoms with Crippen LogP contribution in [0.4, 0.5) is 4.39 Å². The van der Waals surface area contributed by atoms with Gasteiger partial charge in [0, 0.05) is 0 Å². The van der Waals surface area contributed by atoms with E-state index in [1.54, 1.807) is 24.3 Å². The van der Waals surface area contributed by atoms with E-state index in [1.807, 2.05) is 6.07 Å². The van der Waals surface area contributed by atoms with Gasteiger partial charge in [0.15, 0.2) is 11.6 Å². The Morgan fingerprint density at radius 1 is 1.14 bits per heavy atom. The number of carbonyl (C=O) groups is 1. The first kappa shape index (κ1) is 16.7. The van der Waals surface area contributed by atoms with Crippen molar-refractivity contribution in [3.8, 4) is 5.75 Å². The van der Waals surface area contributed by atoms with Gasteiger partial charge in [0.2, 0.25) is 0 Å². The average molecular weight is 292 g/mol. The summed E-state index contributed by atoms with van der Waals surface area (Å²) < 4.78 is 17.4. The van der Waals surface area contributed by atoms with Crippen molar-refractivity contribution in [3.63, 3.8) is 0 Å². The zero-order chi connectivity index (χ0) is 15.8. The summed E-state index contributed by atoms with van der Waals surface area (Å²) in [4.78, 5) is 10.3. The molecule has 21 heavy (non-hydrogen) atoms. The molecule has 2 aromatic rings. The van der Waals surface area contributed by atoms with E-state index in [4.69, 9.17) is 15.2 Å². The molecular formula is C14H14BFO5. The molecule has 0 radical (unpaired) electrons. The van der Waals surface area contributed by atoms with Gasteiger partial charge in [-0.3, -0.25) is 0 Å². The lowest BCUT2D eigenvalue weighted by molar-refractivity contribution is 0.0696. The second-order valence-electron chi connectivity index (χ2n) is 3.94. The number of rotatable bonds is 3. The number of halogens is 1. The summed E-state index contributed by atoms with van der Waals surface area (Å²) in [5.74, 6) is -1.78. The van der Waals surface area contributed by atoms with E-state index >= 15 is 0 Å². The van der Waals surface area contributed by atoms with Crippen molar-refractivity contribution in [2.45, 2.75) is 0 Å². The van der Waals surface area contributed by atoms with E-state index in [0.717, 1.165) is 6.07 Å². The van der Waals surface area contributed by atoms with E-state index in [0.29, 0.717) is 5.46 Å². The van der Waals surface area contributed by atoms with Crippen molar-refractivity contribution in [2.75, 3.05) is 7.11 Å². The molecule has 0 saturated carbocycles. The SMILES string of the molecule is COc1ccc(C(=O)O)cc1F.OB(O)c1ccccc1. The maximum Gasteiger partial charge on any atom is 0.488 e. The zero-order valence-corrected chi connectivity index (χ0v) is 11.2. The molecule has 0 bridgehead atoms. The van der Waals surface area contributed by atoms with E-state index in [2.05, 4.69) is 4.74 Å². The van der Waals surface area contributed by atoms with E-state index in [1.165, 1.54) is 19.2 Å². The van der Waals surface area contributed by atoms with Crippen LogP contribution in [0, 0.1) is 5.82 Å². The second kappa shape index (κ2) is 8.03. The standard InChI is InChI=1S/C8H7FO3.C6H7BO2/c1-12-7-3-2-5(8(10)11)4-6(7)9;8-7(9)6-4-2-1-3-5-6/h2-4H,1H3,(H,10,11);1-5,8-9H. The lowest BCUT2D eigenvalue weighted by Gasteiger charge is -2.01. The molecule has 0 atom stereocenters. The lowest BCUT2D eigenvalue weighted by atomic mass is 9.81. The summed E-state index contributed by atoms with van der Waals surface area (Å²) >= 11 is 0. The molecule has 7 heteroatoms. The molecule has 0 aromatic heterocycles. The van der Waals surface area contributed by atoms with Gasteiger partial charge >= 0.3 is 13.1 Å². The third kappa shape index (κ3) is 5.25. The number of hydrogen-bond acceptors (Lipinski definition) is 4. The van der Waals surface area contributed by atoms with Crippen LogP contribution >= 0.6 is 0 Å².